The Labute approximate surface area is 160 Å². The summed E-state index contributed by atoms with van der Waals surface area (Å²) in [5, 5.41) is 9.05. The van der Waals surface area contributed by atoms with Crippen molar-refractivity contribution in [1.29, 1.82) is 0 Å². The van der Waals surface area contributed by atoms with E-state index in [2.05, 4.69) is 4.98 Å². The van der Waals surface area contributed by atoms with Crippen molar-refractivity contribution in [2.24, 2.45) is 5.92 Å². The number of carbonyl (C=O) groups excluding carboxylic acids is 1. The van der Waals surface area contributed by atoms with Crippen LogP contribution in [0.5, 0.6) is 0 Å². The first-order valence-electron chi connectivity index (χ1n) is 7.91. The number of fused-ring (bicyclic) bond motifs is 1. The molecule has 0 unspecified atom stereocenters. The van der Waals surface area contributed by atoms with Crippen molar-refractivity contribution in [3.05, 3.63) is 74.3 Å². The average molecular weight is 405 g/mol. The topological polar surface area (TPSA) is 100 Å². The molecule has 0 saturated heterocycles. The standard InChI is InChI=1S/C18H12FNO5S2/c19-9-5-3-8(4-6-9)13(21)12-11(10-2-1-7-25-10)14-16(20-18(24)27-14)26-15(12)17(22)23/h1-7,11-12,15H,(H,20,24)(H,22,23)/t11-,12-,15+/m1/s1. The van der Waals surface area contributed by atoms with Crippen LogP contribution in [0.1, 0.15) is 26.9 Å². The number of Topliss-reactive ketones (excluding diaryl/α,β-unsaturated/α-hetero) is 1. The van der Waals surface area contributed by atoms with Crippen LogP contribution in [-0.4, -0.2) is 27.1 Å². The molecular weight excluding hydrogens is 393 g/mol. The van der Waals surface area contributed by atoms with Crippen LogP contribution < -0.4 is 4.87 Å². The number of aromatic amines is 1. The molecule has 0 radical (unpaired) electrons. The van der Waals surface area contributed by atoms with E-state index < -0.39 is 34.7 Å². The van der Waals surface area contributed by atoms with Crippen molar-refractivity contribution < 1.29 is 23.5 Å². The predicted molar refractivity (Wildman–Crippen MR) is 97.0 cm³/mol. The van der Waals surface area contributed by atoms with Gasteiger partial charge in [-0.05, 0) is 36.4 Å². The molecule has 3 aromatic rings. The summed E-state index contributed by atoms with van der Waals surface area (Å²) >= 11 is 1.87. The van der Waals surface area contributed by atoms with Crippen molar-refractivity contribution in [2.75, 3.05) is 0 Å². The lowest BCUT2D eigenvalue weighted by atomic mass is 9.80. The van der Waals surface area contributed by atoms with E-state index in [4.69, 9.17) is 4.42 Å². The van der Waals surface area contributed by atoms with Gasteiger partial charge < -0.3 is 14.5 Å². The number of halogens is 1. The zero-order valence-corrected chi connectivity index (χ0v) is 15.2. The Morgan fingerprint density at radius 3 is 2.56 bits per heavy atom. The number of carboxylic acid groups (broad SMARTS) is 1. The number of benzene rings is 1. The third-order valence-corrected chi connectivity index (χ3v) is 6.78. The summed E-state index contributed by atoms with van der Waals surface area (Å²) in [5.41, 5.74) is 0.205. The van der Waals surface area contributed by atoms with Gasteiger partial charge >= 0.3 is 10.8 Å². The van der Waals surface area contributed by atoms with Gasteiger partial charge in [0.15, 0.2) is 5.78 Å². The number of H-pyrrole nitrogens is 1. The Balaban J connectivity index is 1.88. The van der Waals surface area contributed by atoms with Gasteiger partial charge in [-0.2, -0.15) is 0 Å². The summed E-state index contributed by atoms with van der Waals surface area (Å²) in [5.74, 6) is -3.44. The lowest BCUT2D eigenvalue weighted by Crippen LogP contribution is -2.39. The zero-order chi connectivity index (χ0) is 19.1. The third kappa shape index (κ3) is 3.13. The van der Waals surface area contributed by atoms with Gasteiger partial charge in [-0.15, -0.1) is 0 Å². The van der Waals surface area contributed by atoms with E-state index in [0.717, 1.165) is 35.2 Å². The van der Waals surface area contributed by atoms with E-state index in [1.807, 2.05) is 0 Å². The van der Waals surface area contributed by atoms with Gasteiger partial charge in [0.1, 0.15) is 16.8 Å². The molecule has 0 saturated carbocycles. The molecular formula is C18H12FNO5S2. The number of ketones is 1. The molecule has 0 spiro atoms. The second-order valence-corrected chi connectivity index (χ2v) is 8.14. The number of thioether (sulfide) groups is 1. The van der Waals surface area contributed by atoms with Gasteiger partial charge in [-0.1, -0.05) is 23.1 Å². The molecule has 2 N–H and O–H groups in total. The van der Waals surface area contributed by atoms with Gasteiger partial charge in [0.2, 0.25) is 0 Å². The van der Waals surface area contributed by atoms with Crippen LogP contribution in [0.2, 0.25) is 0 Å². The maximum atomic E-state index is 13.2. The molecule has 138 valence electrons. The van der Waals surface area contributed by atoms with Gasteiger partial charge in [-0.3, -0.25) is 14.4 Å². The summed E-state index contributed by atoms with van der Waals surface area (Å²) in [4.78, 5) is 39.9. The fourth-order valence-corrected chi connectivity index (χ4v) is 5.63. The normalized spacial score (nSPS) is 21.6. The Morgan fingerprint density at radius 2 is 1.93 bits per heavy atom. The van der Waals surface area contributed by atoms with Crippen molar-refractivity contribution in [3.63, 3.8) is 0 Å². The number of nitrogens with one attached hydrogen (secondary N) is 1. The van der Waals surface area contributed by atoms with E-state index in [9.17, 15) is 23.9 Å². The highest BCUT2D eigenvalue weighted by atomic mass is 32.2. The largest absolute Gasteiger partial charge is 0.480 e. The van der Waals surface area contributed by atoms with Crippen molar-refractivity contribution >= 4 is 34.9 Å². The molecule has 27 heavy (non-hydrogen) atoms. The molecule has 2 aromatic heterocycles. The first-order valence-corrected chi connectivity index (χ1v) is 9.61. The molecule has 1 aliphatic heterocycles. The molecule has 1 aliphatic rings. The average Bonchev–Trinajstić information content (AvgIpc) is 3.28. The molecule has 0 aliphatic carbocycles. The summed E-state index contributed by atoms with van der Waals surface area (Å²) < 4.78 is 18.7. The number of carbonyl (C=O) groups is 2. The van der Waals surface area contributed by atoms with Crippen LogP contribution in [0.25, 0.3) is 0 Å². The van der Waals surface area contributed by atoms with Crippen LogP contribution in [0.15, 0.2) is 56.9 Å². The highest BCUT2D eigenvalue weighted by Crippen LogP contribution is 2.50. The van der Waals surface area contributed by atoms with E-state index in [-0.39, 0.29) is 10.4 Å². The second kappa shape index (κ2) is 6.82. The minimum absolute atomic E-state index is 0.205. The SMILES string of the molecule is O=C(c1ccc(F)cc1)[C@H]1[C@@H](c2ccco2)c2sc(=O)[nH]c2S[C@@H]1C(=O)O. The first kappa shape index (κ1) is 17.7. The Morgan fingerprint density at radius 1 is 1.19 bits per heavy atom. The summed E-state index contributed by atoms with van der Waals surface area (Å²) in [6.07, 6.45) is 1.43. The van der Waals surface area contributed by atoms with Crippen LogP contribution in [0, 0.1) is 11.7 Å². The van der Waals surface area contributed by atoms with E-state index in [1.165, 1.54) is 18.4 Å². The molecule has 9 heteroatoms. The van der Waals surface area contributed by atoms with Gasteiger partial charge in [0.25, 0.3) is 0 Å². The maximum absolute atomic E-state index is 13.2. The van der Waals surface area contributed by atoms with Crippen LogP contribution in [0.4, 0.5) is 4.39 Å². The Bertz CT molecular complexity index is 1050. The van der Waals surface area contributed by atoms with Crippen LogP contribution in [0.3, 0.4) is 0 Å². The zero-order valence-electron chi connectivity index (χ0n) is 13.5. The number of rotatable bonds is 4. The molecule has 1 aromatic carbocycles. The molecule has 6 nitrogen and oxygen atoms in total. The fourth-order valence-electron chi connectivity index (χ4n) is 3.23. The van der Waals surface area contributed by atoms with E-state index >= 15 is 0 Å². The summed E-state index contributed by atoms with van der Waals surface area (Å²) in [6, 6.07) is 8.26. The highest BCUT2D eigenvalue weighted by molar-refractivity contribution is 8.00. The number of thiazole rings is 1. The van der Waals surface area contributed by atoms with Gasteiger partial charge in [-0.25, -0.2) is 4.39 Å². The van der Waals surface area contributed by atoms with Gasteiger partial charge in [0.05, 0.1) is 28.0 Å². The predicted octanol–water partition coefficient (Wildman–Crippen LogP) is 3.36. The molecule has 4 rings (SSSR count). The quantitative estimate of drug-likeness (QED) is 0.646. The molecule has 3 heterocycles. The third-order valence-electron chi connectivity index (χ3n) is 4.38. The van der Waals surface area contributed by atoms with E-state index in [1.54, 1.807) is 12.1 Å². The summed E-state index contributed by atoms with van der Waals surface area (Å²) in [6.45, 7) is 0. The number of aromatic nitrogens is 1. The highest BCUT2D eigenvalue weighted by Gasteiger charge is 2.48. The first-order chi connectivity index (χ1) is 13.0. The summed E-state index contributed by atoms with van der Waals surface area (Å²) in [7, 11) is 0. The number of hydrogen-bond donors (Lipinski definition) is 2. The van der Waals surface area contributed by atoms with Crippen LogP contribution >= 0.6 is 23.1 Å². The lowest BCUT2D eigenvalue weighted by molar-refractivity contribution is -0.137. The van der Waals surface area contributed by atoms with E-state index in [0.29, 0.717) is 15.7 Å². The second-order valence-electron chi connectivity index (χ2n) is 5.97. The van der Waals surface area contributed by atoms with Crippen molar-refractivity contribution in [2.45, 2.75) is 16.2 Å². The molecule has 3 atom stereocenters. The number of furan rings is 1. The Kier molecular flexibility index (Phi) is 4.48. The molecule has 0 bridgehead atoms. The van der Waals surface area contributed by atoms with Crippen LogP contribution in [-0.2, 0) is 4.79 Å². The monoisotopic (exact) mass is 405 g/mol. The maximum Gasteiger partial charge on any atom is 0.317 e. The molecule has 0 fully saturated rings. The minimum atomic E-state index is -1.17. The fraction of sp³-hybridized carbons (Fsp3) is 0.167. The van der Waals surface area contributed by atoms with Crippen molar-refractivity contribution in [1.82, 2.24) is 4.98 Å². The lowest BCUT2D eigenvalue weighted by Gasteiger charge is -2.33. The minimum Gasteiger partial charge on any atom is -0.480 e. The Hall–Kier alpha value is -2.65. The molecule has 0 amide bonds. The van der Waals surface area contributed by atoms with Gasteiger partial charge in [0, 0.05) is 5.56 Å². The van der Waals surface area contributed by atoms with Crippen molar-refractivity contribution in [3.8, 4) is 0 Å². The number of carboxylic acids is 1. The number of hydrogen-bond acceptors (Lipinski definition) is 6. The smallest absolute Gasteiger partial charge is 0.317 e. The number of aliphatic carboxylic acids is 1.